The molecule has 0 heterocycles. The summed E-state index contributed by atoms with van der Waals surface area (Å²) < 4.78 is 5.76. The molecular formula is C13H16O. The highest BCUT2D eigenvalue weighted by molar-refractivity contribution is 5.20. The Morgan fingerprint density at radius 1 is 1.00 bits per heavy atom. The topological polar surface area (TPSA) is 9.23 Å². The van der Waals surface area contributed by atoms with Crippen LogP contribution in [0.3, 0.4) is 0 Å². The van der Waals surface area contributed by atoms with Crippen LogP contribution in [0.4, 0.5) is 0 Å². The average molecular weight is 188 g/mol. The van der Waals surface area contributed by atoms with Crippen LogP contribution in [-0.2, 0) is 0 Å². The van der Waals surface area contributed by atoms with Crippen LogP contribution in [0.2, 0.25) is 0 Å². The van der Waals surface area contributed by atoms with Gasteiger partial charge in [0.05, 0.1) is 6.61 Å². The third-order valence-electron chi connectivity index (χ3n) is 3.57. The molecule has 2 aliphatic rings. The molecule has 0 aromatic heterocycles. The molecule has 3 rings (SSSR count). The molecule has 2 aliphatic carbocycles. The van der Waals surface area contributed by atoms with Crippen molar-refractivity contribution in [3.05, 3.63) is 30.3 Å². The second kappa shape index (κ2) is 3.30. The summed E-state index contributed by atoms with van der Waals surface area (Å²) in [6.45, 7) is 0.928. The minimum absolute atomic E-state index is 0.832. The molecule has 74 valence electrons. The van der Waals surface area contributed by atoms with Crippen LogP contribution >= 0.6 is 0 Å². The molecule has 0 aliphatic heterocycles. The normalized spacial score (nSPS) is 33.9. The summed E-state index contributed by atoms with van der Waals surface area (Å²) in [7, 11) is 0. The van der Waals surface area contributed by atoms with Crippen molar-refractivity contribution in [2.45, 2.75) is 19.3 Å². The van der Waals surface area contributed by atoms with E-state index in [1.54, 1.807) is 0 Å². The van der Waals surface area contributed by atoms with E-state index in [1.165, 1.54) is 19.3 Å². The third-order valence-corrected chi connectivity index (χ3v) is 3.57. The lowest BCUT2D eigenvalue weighted by Gasteiger charge is -2.12. The molecule has 2 unspecified atom stereocenters. The van der Waals surface area contributed by atoms with E-state index in [-0.39, 0.29) is 0 Å². The van der Waals surface area contributed by atoms with Gasteiger partial charge in [-0.3, -0.25) is 0 Å². The fourth-order valence-corrected chi connectivity index (χ4v) is 2.71. The first-order chi connectivity index (χ1) is 6.92. The molecule has 2 saturated carbocycles. The predicted octanol–water partition coefficient (Wildman–Crippen LogP) is 3.11. The van der Waals surface area contributed by atoms with E-state index in [4.69, 9.17) is 4.74 Å². The van der Waals surface area contributed by atoms with Gasteiger partial charge in [0, 0.05) is 0 Å². The van der Waals surface area contributed by atoms with Gasteiger partial charge in [-0.15, -0.1) is 0 Å². The number of rotatable bonds is 3. The minimum atomic E-state index is 0.832. The SMILES string of the molecule is c1ccc(OCC2CC3CC3C2)cc1. The zero-order chi connectivity index (χ0) is 9.38. The maximum absolute atomic E-state index is 5.76. The van der Waals surface area contributed by atoms with Crippen LogP contribution in [0.1, 0.15) is 19.3 Å². The molecule has 0 spiro atoms. The largest absolute Gasteiger partial charge is 0.493 e. The quantitative estimate of drug-likeness (QED) is 0.708. The molecule has 1 aromatic carbocycles. The summed E-state index contributed by atoms with van der Waals surface area (Å²) >= 11 is 0. The van der Waals surface area contributed by atoms with Gasteiger partial charge in [-0.1, -0.05) is 18.2 Å². The smallest absolute Gasteiger partial charge is 0.119 e. The van der Waals surface area contributed by atoms with Gasteiger partial charge in [0.1, 0.15) is 5.75 Å². The Balaban J connectivity index is 1.50. The standard InChI is InChI=1S/C13H16O/c1-2-4-13(5-3-1)14-9-10-6-11-8-12(11)7-10/h1-5,10-12H,6-9H2. The summed E-state index contributed by atoms with van der Waals surface area (Å²) in [4.78, 5) is 0. The van der Waals surface area contributed by atoms with Crippen molar-refractivity contribution >= 4 is 0 Å². The molecule has 2 fully saturated rings. The van der Waals surface area contributed by atoms with E-state index in [1.807, 2.05) is 30.3 Å². The van der Waals surface area contributed by atoms with Gasteiger partial charge in [-0.2, -0.15) is 0 Å². The molecule has 0 bridgehead atoms. The maximum atomic E-state index is 5.76. The molecule has 0 amide bonds. The van der Waals surface area contributed by atoms with Crippen LogP contribution < -0.4 is 4.74 Å². The first-order valence-corrected chi connectivity index (χ1v) is 5.59. The number of benzene rings is 1. The Bertz CT molecular complexity index is 296. The van der Waals surface area contributed by atoms with Crippen LogP contribution in [0.15, 0.2) is 30.3 Å². The highest BCUT2D eigenvalue weighted by atomic mass is 16.5. The first-order valence-electron chi connectivity index (χ1n) is 5.59. The predicted molar refractivity (Wildman–Crippen MR) is 56.3 cm³/mol. The molecule has 2 atom stereocenters. The monoisotopic (exact) mass is 188 g/mol. The van der Waals surface area contributed by atoms with Crippen LogP contribution in [0.25, 0.3) is 0 Å². The van der Waals surface area contributed by atoms with Crippen LogP contribution in [0.5, 0.6) is 5.75 Å². The zero-order valence-corrected chi connectivity index (χ0v) is 8.36. The Morgan fingerprint density at radius 3 is 2.43 bits per heavy atom. The lowest BCUT2D eigenvalue weighted by atomic mass is 10.1. The maximum Gasteiger partial charge on any atom is 0.119 e. The molecule has 1 heteroatoms. The number of hydrogen-bond acceptors (Lipinski definition) is 1. The van der Waals surface area contributed by atoms with E-state index in [0.29, 0.717) is 0 Å². The summed E-state index contributed by atoms with van der Waals surface area (Å²) in [6, 6.07) is 10.2. The minimum Gasteiger partial charge on any atom is -0.493 e. The number of fused-ring (bicyclic) bond motifs is 1. The third kappa shape index (κ3) is 1.63. The van der Waals surface area contributed by atoms with Crippen molar-refractivity contribution in [3.8, 4) is 5.75 Å². The lowest BCUT2D eigenvalue weighted by Crippen LogP contribution is -2.09. The van der Waals surface area contributed by atoms with E-state index in [0.717, 1.165) is 30.1 Å². The molecule has 0 radical (unpaired) electrons. The molecular weight excluding hydrogens is 172 g/mol. The van der Waals surface area contributed by atoms with Gasteiger partial charge < -0.3 is 4.74 Å². The van der Waals surface area contributed by atoms with Gasteiger partial charge in [0.25, 0.3) is 0 Å². The number of hydrogen-bond donors (Lipinski definition) is 0. The van der Waals surface area contributed by atoms with Gasteiger partial charge in [0.15, 0.2) is 0 Å². The van der Waals surface area contributed by atoms with E-state index in [2.05, 4.69) is 0 Å². The van der Waals surface area contributed by atoms with Crippen LogP contribution in [0, 0.1) is 17.8 Å². The summed E-state index contributed by atoms with van der Waals surface area (Å²) in [5.74, 6) is 3.99. The zero-order valence-electron chi connectivity index (χ0n) is 8.36. The fourth-order valence-electron chi connectivity index (χ4n) is 2.71. The second-order valence-electron chi connectivity index (χ2n) is 4.72. The van der Waals surface area contributed by atoms with Crippen molar-refractivity contribution in [1.29, 1.82) is 0 Å². The Morgan fingerprint density at radius 2 is 1.71 bits per heavy atom. The van der Waals surface area contributed by atoms with E-state index in [9.17, 15) is 0 Å². The Hall–Kier alpha value is -0.980. The fraction of sp³-hybridized carbons (Fsp3) is 0.538. The highest BCUT2D eigenvalue weighted by Crippen LogP contribution is 2.54. The van der Waals surface area contributed by atoms with Crippen molar-refractivity contribution in [2.24, 2.45) is 17.8 Å². The molecule has 0 saturated heterocycles. The molecule has 0 N–H and O–H groups in total. The second-order valence-corrected chi connectivity index (χ2v) is 4.72. The summed E-state index contributed by atoms with van der Waals surface area (Å²) in [5, 5.41) is 0. The Labute approximate surface area is 85.1 Å². The van der Waals surface area contributed by atoms with Crippen molar-refractivity contribution < 1.29 is 4.74 Å². The van der Waals surface area contributed by atoms with Gasteiger partial charge in [0.2, 0.25) is 0 Å². The van der Waals surface area contributed by atoms with Crippen molar-refractivity contribution in [2.75, 3.05) is 6.61 Å². The van der Waals surface area contributed by atoms with Gasteiger partial charge >= 0.3 is 0 Å². The number of para-hydroxylation sites is 1. The average Bonchev–Trinajstić information content (AvgIpc) is 2.85. The van der Waals surface area contributed by atoms with E-state index >= 15 is 0 Å². The Kier molecular flexibility index (Phi) is 1.97. The number of ether oxygens (including phenoxy) is 1. The van der Waals surface area contributed by atoms with Crippen molar-refractivity contribution in [3.63, 3.8) is 0 Å². The van der Waals surface area contributed by atoms with E-state index < -0.39 is 0 Å². The first kappa shape index (κ1) is 8.34. The van der Waals surface area contributed by atoms with Crippen molar-refractivity contribution in [1.82, 2.24) is 0 Å². The van der Waals surface area contributed by atoms with Crippen LogP contribution in [-0.4, -0.2) is 6.61 Å². The van der Waals surface area contributed by atoms with Gasteiger partial charge in [-0.25, -0.2) is 0 Å². The summed E-state index contributed by atoms with van der Waals surface area (Å²) in [6.07, 6.45) is 4.33. The molecule has 1 aromatic rings. The molecule has 1 nitrogen and oxygen atoms in total. The molecule has 14 heavy (non-hydrogen) atoms. The van der Waals surface area contributed by atoms with Gasteiger partial charge in [-0.05, 0) is 49.1 Å². The summed E-state index contributed by atoms with van der Waals surface area (Å²) in [5.41, 5.74) is 0. The lowest BCUT2D eigenvalue weighted by molar-refractivity contribution is 0.241. The highest BCUT2D eigenvalue weighted by Gasteiger charge is 2.45.